The number of amidine groups is 1. The number of rotatable bonds is 6. The van der Waals surface area contributed by atoms with E-state index in [1.807, 2.05) is 36.4 Å². The van der Waals surface area contributed by atoms with E-state index in [-0.39, 0.29) is 12.4 Å². The van der Waals surface area contributed by atoms with Crippen molar-refractivity contribution >= 4 is 11.8 Å². The fourth-order valence-electron chi connectivity index (χ4n) is 3.86. The Hall–Kier alpha value is -3.81. The van der Waals surface area contributed by atoms with Gasteiger partial charge in [0.15, 0.2) is 5.84 Å². The Morgan fingerprint density at radius 3 is 2.06 bits per heavy atom. The minimum atomic E-state index is -5.17. The number of alkyl halides is 3. The number of para-hydroxylation sites is 1. The summed E-state index contributed by atoms with van der Waals surface area (Å²) < 4.78 is 45.2. The van der Waals surface area contributed by atoms with Crippen LogP contribution < -0.4 is 4.74 Å². The second kappa shape index (κ2) is 8.97. The highest BCUT2D eigenvalue weighted by molar-refractivity contribution is 5.88. The molecule has 1 aliphatic rings. The zero-order valence-corrected chi connectivity index (χ0v) is 17.7. The lowest BCUT2D eigenvalue weighted by molar-refractivity contribution is -0.232. The van der Waals surface area contributed by atoms with Crippen LogP contribution in [0.5, 0.6) is 5.75 Å². The molecule has 0 aliphatic carbocycles. The number of carbonyl (C=O) groups is 1. The largest absolute Gasteiger partial charge is 0.493 e. The lowest BCUT2D eigenvalue weighted by Crippen LogP contribution is -2.43. The topological polar surface area (TPSA) is 51.1 Å². The van der Waals surface area contributed by atoms with E-state index in [1.165, 1.54) is 0 Å². The summed E-state index contributed by atoms with van der Waals surface area (Å²) in [5.41, 5.74) is 0.336. The summed E-state index contributed by atoms with van der Waals surface area (Å²) in [6.45, 7) is 1.60. The molecule has 1 aliphatic heterocycles. The molecule has 8 heteroatoms. The third-order valence-electron chi connectivity index (χ3n) is 5.38. The van der Waals surface area contributed by atoms with Crippen LogP contribution in [0.25, 0.3) is 0 Å². The van der Waals surface area contributed by atoms with Gasteiger partial charge in [-0.3, -0.25) is 4.99 Å². The fraction of sp³-hybridized carbons (Fsp3) is 0.200. The molecular weight excluding hydrogens is 433 g/mol. The molecule has 33 heavy (non-hydrogen) atoms. The number of aliphatic imine (C=N–C) groups is 1. The molecule has 0 spiro atoms. The predicted octanol–water partition coefficient (Wildman–Crippen LogP) is 5.46. The summed E-state index contributed by atoms with van der Waals surface area (Å²) in [6, 6.07) is 26.0. The highest BCUT2D eigenvalue weighted by Gasteiger charge is 2.52. The molecule has 0 N–H and O–H groups in total. The molecule has 4 rings (SSSR count). The van der Waals surface area contributed by atoms with Crippen LogP contribution >= 0.6 is 0 Å². The maximum Gasteiger partial charge on any atom is 0.493 e. The van der Waals surface area contributed by atoms with Crippen molar-refractivity contribution in [1.82, 2.24) is 5.06 Å². The van der Waals surface area contributed by atoms with Crippen LogP contribution in [-0.4, -0.2) is 29.7 Å². The zero-order chi connectivity index (χ0) is 23.5. The summed E-state index contributed by atoms with van der Waals surface area (Å²) in [7, 11) is 0. The van der Waals surface area contributed by atoms with E-state index in [0.717, 1.165) is 10.6 Å². The van der Waals surface area contributed by atoms with Gasteiger partial charge in [-0.25, -0.2) is 4.79 Å². The van der Waals surface area contributed by atoms with Crippen LogP contribution in [0, 0.1) is 0 Å². The molecule has 2 atom stereocenters. The van der Waals surface area contributed by atoms with Crippen molar-refractivity contribution in [3.05, 3.63) is 102 Å². The maximum absolute atomic E-state index is 13.2. The molecule has 5 nitrogen and oxygen atoms in total. The first-order valence-electron chi connectivity index (χ1n) is 10.2. The molecule has 0 bridgehead atoms. The van der Waals surface area contributed by atoms with Crippen LogP contribution in [0.3, 0.4) is 0 Å². The Morgan fingerprint density at radius 2 is 1.48 bits per heavy atom. The summed E-state index contributed by atoms with van der Waals surface area (Å²) in [6.07, 6.45) is -5.17. The van der Waals surface area contributed by atoms with Gasteiger partial charge in [-0.2, -0.15) is 18.2 Å². The Morgan fingerprint density at radius 1 is 0.939 bits per heavy atom. The van der Waals surface area contributed by atoms with Crippen molar-refractivity contribution in [2.24, 2.45) is 4.99 Å². The number of hydroxylamine groups is 2. The molecule has 0 saturated carbocycles. The molecule has 0 saturated heterocycles. The second-order valence-electron chi connectivity index (χ2n) is 7.66. The Labute approximate surface area is 189 Å². The van der Waals surface area contributed by atoms with Crippen molar-refractivity contribution < 1.29 is 27.5 Å². The summed E-state index contributed by atoms with van der Waals surface area (Å²) in [5.74, 6) is -1.75. The molecule has 0 fully saturated rings. The van der Waals surface area contributed by atoms with Crippen LogP contribution in [0.4, 0.5) is 13.2 Å². The van der Waals surface area contributed by atoms with Crippen LogP contribution in [0.1, 0.15) is 24.1 Å². The molecule has 3 aromatic carbocycles. The zero-order valence-electron chi connectivity index (χ0n) is 17.7. The number of benzene rings is 3. The molecule has 0 aromatic heterocycles. The first-order valence-corrected chi connectivity index (χ1v) is 10.2. The third-order valence-corrected chi connectivity index (χ3v) is 5.38. The van der Waals surface area contributed by atoms with Gasteiger partial charge in [0.05, 0.1) is 0 Å². The van der Waals surface area contributed by atoms with E-state index < -0.39 is 23.7 Å². The van der Waals surface area contributed by atoms with Gasteiger partial charge in [0.25, 0.3) is 0 Å². The first-order chi connectivity index (χ1) is 15.8. The Balaban J connectivity index is 1.78. The minimum absolute atomic E-state index is 0.0664. The fourth-order valence-corrected chi connectivity index (χ4v) is 3.86. The van der Waals surface area contributed by atoms with Crippen LogP contribution in [-0.2, 0) is 15.2 Å². The minimum Gasteiger partial charge on any atom is -0.486 e. The molecule has 1 heterocycles. The summed E-state index contributed by atoms with van der Waals surface area (Å²) in [4.78, 5) is 21.6. The highest BCUT2D eigenvalue weighted by atomic mass is 19.4. The normalized spacial score (nSPS) is 20.3. The van der Waals surface area contributed by atoms with Crippen molar-refractivity contribution in [3.63, 3.8) is 0 Å². The van der Waals surface area contributed by atoms with Gasteiger partial charge in [-0.1, -0.05) is 78.9 Å². The number of ether oxygens (including phenoxy) is 1. The van der Waals surface area contributed by atoms with Gasteiger partial charge in [0.1, 0.15) is 23.9 Å². The summed E-state index contributed by atoms with van der Waals surface area (Å²) in [5, 5.41) is 0.932. The number of hydrogen-bond acceptors (Lipinski definition) is 5. The monoisotopic (exact) mass is 454 g/mol. The second-order valence-corrected chi connectivity index (χ2v) is 7.66. The van der Waals surface area contributed by atoms with Gasteiger partial charge in [-0.15, -0.1) is 0 Å². The van der Waals surface area contributed by atoms with Crippen molar-refractivity contribution in [2.75, 3.05) is 6.61 Å². The molecule has 3 aromatic rings. The molecular formula is C25H21F3N2O3. The lowest BCUT2D eigenvalue weighted by atomic mass is 9.82. The first kappa shape index (κ1) is 22.4. The van der Waals surface area contributed by atoms with E-state index in [2.05, 4.69) is 0 Å². The van der Waals surface area contributed by atoms with Gasteiger partial charge < -0.3 is 9.57 Å². The SMILES string of the molecule is CC1(c2ccccc2)N=C(COc2ccccc2)N(OC(=O)C(F)(F)F)C1c1ccccc1. The molecule has 0 radical (unpaired) electrons. The van der Waals surface area contributed by atoms with Crippen molar-refractivity contribution in [1.29, 1.82) is 0 Å². The van der Waals surface area contributed by atoms with Crippen molar-refractivity contribution in [3.8, 4) is 5.75 Å². The molecule has 2 unspecified atom stereocenters. The average molecular weight is 454 g/mol. The standard InChI is InChI=1S/C25H21F3N2O3/c1-24(19-13-7-3-8-14-19)22(18-11-5-2-6-12-18)30(33-23(31)25(26,27)28)21(29-24)17-32-20-15-9-4-10-16-20/h2-16,22H,17H2,1H3. The third kappa shape index (κ3) is 4.69. The van der Waals surface area contributed by atoms with Gasteiger partial charge in [-0.05, 0) is 30.2 Å². The van der Waals surface area contributed by atoms with E-state index in [4.69, 9.17) is 14.6 Å². The van der Waals surface area contributed by atoms with E-state index in [9.17, 15) is 18.0 Å². The number of hydrogen-bond donors (Lipinski definition) is 0. The molecule has 170 valence electrons. The van der Waals surface area contributed by atoms with Crippen molar-refractivity contribution in [2.45, 2.75) is 24.7 Å². The highest BCUT2D eigenvalue weighted by Crippen LogP contribution is 2.47. The van der Waals surface area contributed by atoms with E-state index in [0.29, 0.717) is 11.3 Å². The Bertz CT molecular complexity index is 1120. The smallest absolute Gasteiger partial charge is 0.486 e. The Kier molecular flexibility index (Phi) is 6.09. The predicted molar refractivity (Wildman–Crippen MR) is 116 cm³/mol. The van der Waals surface area contributed by atoms with E-state index >= 15 is 0 Å². The van der Waals surface area contributed by atoms with Crippen LogP contribution in [0.15, 0.2) is 96.0 Å². The average Bonchev–Trinajstić information content (AvgIpc) is 3.11. The maximum atomic E-state index is 13.2. The number of halogens is 3. The quantitative estimate of drug-likeness (QED) is 0.497. The van der Waals surface area contributed by atoms with E-state index in [1.54, 1.807) is 61.5 Å². The molecule has 0 amide bonds. The summed E-state index contributed by atoms with van der Waals surface area (Å²) >= 11 is 0. The van der Waals surface area contributed by atoms with Crippen LogP contribution in [0.2, 0.25) is 0 Å². The number of nitrogens with zero attached hydrogens (tertiary/aromatic N) is 2. The number of carbonyl (C=O) groups excluding carboxylic acids is 1. The lowest BCUT2D eigenvalue weighted by Gasteiger charge is -2.34. The van der Waals surface area contributed by atoms with Gasteiger partial charge in [0, 0.05) is 0 Å². The van der Waals surface area contributed by atoms with Gasteiger partial charge >= 0.3 is 12.1 Å². The van der Waals surface area contributed by atoms with Gasteiger partial charge in [0.2, 0.25) is 0 Å².